The van der Waals surface area contributed by atoms with E-state index in [1.54, 1.807) is 36.4 Å². The van der Waals surface area contributed by atoms with Gasteiger partial charge >= 0.3 is 0 Å². The summed E-state index contributed by atoms with van der Waals surface area (Å²) < 4.78 is 28.3. The average Bonchev–Trinajstić information content (AvgIpc) is 2.41. The maximum absolute atomic E-state index is 12.4. The molecule has 0 atom stereocenters. The first-order chi connectivity index (χ1) is 9.42. The fraction of sp³-hybridized carbons (Fsp3) is 0.0769. The first-order valence-corrected chi connectivity index (χ1v) is 9.42. The number of hydrogen-bond donors (Lipinski definition) is 1. The minimum atomic E-state index is -3.66. The fourth-order valence-electron chi connectivity index (χ4n) is 1.59. The minimum absolute atomic E-state index is 0.181. The zero-order valence-corrected chi connectivity index (χ0v) is 14.4. The van der Waals surface area contributed by atoms with Gasteiger partial charge in [0.05, 0.1) is 0 Å². The van der Waals surface area contributed by atoms with E-state index < -0.39 is 10.0 Å². The summed E-state index contributed by atoms with van der Waals surface area (Å²) in [5.41, 5.74) is 0.500. The molecule has 0 bridgehead atoms. The van der Waals surface area contributed by atoms with Crippen LogP contribution < -0.4 is 4.72 Å². The number of benzene rings is 2. The van der Waals surface area contributed by atoms with Gasteiger partial charge in [-0.2, -0.15) is 0 Å². The van der Waals surface area contributed by atoms with Gasteiger partial charge in [0.25, 0.3) is 10.0 Å². The molecule has 1 N–H and O–H groups in total. The molecular formula is C13H11BrClNO2S2. The fourth-order valence-corrected chi connectivity index (χ4v) is 4.30. The van der Waals surface area contributed by atoms with E-state index in [-0.39, 0.29) is 4.90 Å². The number of rotatable bonds is 4. The number of hydrogen-bond acceptors (Lipinski definition) is 3. The summed E-state index contributed by atoms with van der Waals surface area (Å²) in [4.78, 5) is 0.833. The molecule has 2 rings (SSSR count). The van der Waals surface area contributed by atoms with E-state index in [1.165, 1.54) is 17.8 Å². The molecule has 0 saturated heterocycles. The van der Waals surface area contributed by atoms with Crippen molar-refractivity contribution in [1.29, 1.82) is 0 Å². The van der Waals surface area contributed by atoms with Gasteiger partial charge in [-0.05, 0) is 48.7 Å². The normalized spacial score (nSPS) is 11.3. The van der Waals surface area contributed by atoms with Gasteiger partial charge in [0.2, 0.25) is 0 Å². The molecular weight excluding hydrogens is 382 g/mol. The monoisotopic (exact) mass is 391 g/mol. The second-order valence-corrected chi connectivity index (χ2v) is 7.76. The van der Waals surface area contributed by atoms with E-state index in [4.69, 9.17) is 11.6 Å². The van der Waals surface area contributed by atoms with Crippen LogP contribution in [0.4, 0.5) is 5.69 Å². The lowest BCUT2D eigenvalue weighted by atomic mass is 10.3. The molecule has 0 aliphatic rings. The third kappa shape index (κ3) is 3.69. The van der Waals surface area contributed by atoms with Crippen molar-refractivity contribution in [1.82, 2.24) is 0 Å². The molecule has 0 amide bonds. The van der Waals surface area contributed by atoms with E-state index in [0.717, 1.165) is 4.47 Å². The van der Waals surface area contributed by atoms with Gasteiger partial charge < -0.3 is 0 Å². The molecule has 0 saturated carbocycles. The van der Waals surface area contributed by atoms with Crippen molar-refractivity contribution in [3.63, 3.8) is 0 Å². The number of anilines is 1. The lowest BCUT2D eigenvalue weighted by Crippen LogP contribution is -2.13. The van der Waals surface area contributed by atoms with Gasteiger partial charge in [-0.25, -0.2) is 8.42 Å². The lowest BCUT2D eigenvalue weighted by molar-refractivity contribution is 0.599. The highest BCUT2D eigenvalue weighted by Crippen LogP contribution is 2.29. The Morgan fingerprint density at radius 2 is 1.80 bits per heavy atom. The average molecular weight is 393 g/mol. The van der Waals surface area contributed by atoms with Crippen LogP contribution in [0.3, 0.4) is 0 Å². The minimum Gasteiger partial charge on any atom is -0.280 e. The van der Waals surface area contributed by atoms with Crippen molar-refractivity contribution in [2.24, 2.45) is 0 Å². The second-order valence-electron chi connectivity index (χ2n) is 3.91. The van der Waals surface area contributed by atoms with Gasteiger partial charge in [-0.1, -0.05) is 27.5 Å². The van der Waals surface area contributed by atoms with Crippen LogP contribution in [0, 0.1) is 0 Å². The van der Waals surface area contributed by atoms with Gasteiger partial charge in [0.1, 0.15) is 4.90 Å². The van der Waals surface area contributed by atoms with E-state index >= 15 is 0 Å². The van der Waals surface area contributed by atoms with Crippen LogP contribution in [0.15, 0.2) is 56.7 Å². The molecule has 0 aliphatic carbocycles. The van der Waals surface area contributed by atoms with Crippen LogP contribution >= 0.6 is 39.3 Å². The molecule has 2 aromatic rings. The molecule has 0 aliphatic heterocycles. The largest absolute Gasteiger partial charge is 0.280 e. The molecule has 7 heteroatoms. The van der Waals surface area contributed by atoms with Crippen molar-refractivity contribution in [3.05, 3.63) is 52.0 Å². The van der Waals surface area contributed by atoms with Crippen molar-refractivity contribution >= 4 is 55.0 Å². The third-order valence-corrected chi connectivity index (χ3v) is 5.62. The van der Waals surface area contributed by atoms with Gasteiger partial charge in [-0.15, -0.1) is 11.8 Å². The Bertz CT molecular complexity index is 718. The topological polar surface area (TPSA) is 46.2 Å². The van der Waals surface area contributed by atoms with E-state index in [0.29, 0.717) is 15.6 Å². The summed E-state index contributed by atoms with van der Waals surface area (Å²) >= 11 is 10.6. The lowest BCUT2D eigenvalue weighted by Gasteiger charge is -2.11. The molecule has 0 radical (unpaired) electrons. The third-order valence-electron chi connectivity index (χ3n) is 2.51. The van der Waals surface area contributed by atoms with Crippen molar-refractivity contribution in [2.45, 2.75) is 9.79 Å². The quantitative estimate of drug-likeness (QED) is 0.772. The molecule has 106 valence electrons. The molecule has 0 fully saturated rings. The Balaban J connectivity index is 2.40. The number of sulfonamides is 1. The first-order valence-electron chi connectivity index (χ1n) is 5.54. The molecule has 0 spiro atoms. The summed E-state index contributed by atoms with van der Waals surface area (Å²) in [6, 6.07) is 11.7. The predicted molar refractivity (Wildman–Crippen MR) is 88.2 cm³/mol. The molecule has 20 heavy (non-hydrogen) atoms. The van der Waals surface area contributed by atoms with Gasteiger partial charge in [-0.3, -0.25) is 4.72 Å². The zero-order chi connectivity index (χ0) is 14.8. The maximum atomic E-state index is 12.4. The maximum Gasteiger partial charge on any atom is 0.263 e. The van der Waals surface area contributed by atoms with Crippen molar-refractivity contribution < 1.29 is 8.42 Å². The molecule has 3 nitrogen and oxygen atoms in total. The summed E-state index contributed by atoms with van der Waals surface area (Å²) in [5.74, 6) is 0. The first kappa shape index (κ1) is 15.7. The molecule has 0 heterocycles. The van der Waals surface area contributed by atoms with Gasteiger partial charge in [0.15, 0.2) is 0 Å². The Morgan fingerprint density at radius 3 is 2.40 bits per heavy atom. The molecule has 0 aromatic heterocycles. The van der Waals surface area contributed by atoms with E-state index in [9.17, 15) is 8.42 Å². The Morgan fingerprint density at radius 1 is 1.15 bits per heavy atom. The van der Waals surface area contributed by atoms with Crippen molar-refractivity contribution in [2.75, 3.05) is 11.0 Å². The van der Waals surface area contributed by atoms with Crippen LogP contribution in [0.1, 0.15) is 0 Å². The van der Waals surface area contributed by atoms with Crippen LogP contribution in [-0.2, 0) is 10.0 Å². The number of thioether (sulfide) groups is 1. The number of nitrogens with one attached hydrogen (secondary N) is 1. The van der Waals surface area contributed by atoms with Crippen LogP contribution in [0.5, 0.6) is 0 Å². The Kier molecular flexibility index (Phi) is 5.01. The second kappa shape index (κ2) is 6.39. The smallest absolute Gasteiger partial charge is 0.263 e. The van der Waals surface area contributed by atoms with E-state index in [1.807, 2.05) is 6.26 Å². The zero-order valence-electron chi connectivity index (χ0n) is 10.4. The Labute approximate surface area is 135 Å². The Hall–Kier alpha value is -0.690. The highest BCUT2D eigenvalue weighted by atomic mass is 79.9. The summed E-state index contributed by atoms with van der Waals surface area (Å²) in [5, 5.41) is 0.388. The standard InChI is InChI=1S/C13H11BrClNO2S2/c1-19-12-7-4-10(15)8-13(12)20(17,18)16-11-5-2-9(14)3-6-11/h2-8,16H,1H3. The highest BCUT2D eigenvalue weighted by molar-refractivity contribution is 9.10. The van der Waals surface area contributed by atoms with Crippen LogP contribution in [-0.4, -0.2) is 14.7 Å². The van der Waals surface area contributed by atoms with Crippen LogP contribution in [0.2, 0.25) is 5.02 Å². The SMILES string of the molecule is CSc1ccc(Cl)cc1S(=O)(=O)Nc1ccc(Br)cc1. The molecule has 2 aromatic carbocycles. The predicted octanol–water partition coefficient (Wildman–Crippen LogP) is 4.63. The van der Waals surface area contributed by atoms with Crippen molar-refractivity contribution in [3.8, 4) is 0 Å². The number of halogens is 2. The molecule has 0 unspecified atom stereocenters. The highest BCUT2D eigenvalue weighted by Gasteiger charge is 2.19. The van der Waals surface area contributed by atoms with Crippen LogP contribution in [0.25, 0.3) is 0 Å². The summed E-state index contributed by atoms with van der Waals surface area (Å²) in [6.07, 6.45) is 1.82. The summed E-state index contributed by atoms with van der Waals surface area (Å²) in [6.45, 7) is 0. The van der Waals surface area contributed by atoms with Gasteiger partial charge in [0, 0.05) is 20.1 Å². The summed E-state index contributed by atoms with van der Waals surface area (Å²) in [7, 11) is -3.66. The van der Waals surface area contributed by atoms with E-state index in [2.05, 4.69) is 20.7 Å².